The molecule has 1 unspecified atom stereocenters. The van der Waals surface area contributed by atoms with Crippen molar-refractivity contribution in [3.63, 3.8) is 0 Å². The lowest BCUT2D eigenvalue weighted by Crippen LogP contribution is -2.31. The van der Waals surface area contributed by atoms with Crippen LogP contribution in [0.4, 0.5) is 0 Å². The predicted octanol–water partition coefficient (Wildman–Crippen LogP) is 4.75. The van der Waals surface area contributed by atoms with Gasteiger partial charge in [0, 0.05) is 6.54 Å². The molecule has 0 spiro atoms. The fourth-order valence-corrected chi connectivity index (χ4v) is 3.28. The highest BCUT2D eigenvalue weighted by Crippen LogP contribution is 2.18. The second kappa shape index (κ2) is 12.0. The number of hydrogen-bond acceptors (Lipinski definition) is 4. The molecule has 0 bridgehead atoms. The molecule has 0 fully saturated rings. The fraction of sp³-hybridized carbons (Fsp3) is 0.308. The monoisotopic (exact) mass is 405 g/mol. The first kappa shape index (κ1) is 21.9. The van der Waals surface area contributed by atoms with Gasteiger partial charge < -0.3 is 14.6 Å². The van der Waals surface area contributed by atoms with Crippen molar-refractivity contribution in [3.05, 3.63) is 95.6 Å². The second-order valence-corrected chi connectivity index (χ2v) is 7.22. The van der Waals surface area contributed by atoms with Crippen molar-refractivity contribution in [2.24, 2.45) is 0 Å². The van der Waals surface area contributed by atoms with E-state index in [0.29, 0.717) is 26.2 Å². The molecule has 0 amide bonds. The molecule has 1 atom stereocenters. The Kier molecular flexibility index (Phi) is 8.76. The highest BCUT2D eigenvalue weighted by molar-refractivity contribution is 5.33. The number of nitrogens with one attached hydrogen (secondary N) is 1. The maximum atomic E-state index is 10.3. The Balaban J connectivity index is 1.37. The molecule has 0 saturated carbocycles. The Hall–Kier alpha value is -2.82. The summed E-state index contributed by atoms with van der Waals surface area (Å²) in [5.41, 5.74) is 3.49. The largest absolute Gasteiger partial charge is 0.494 e. The van der Waals surface area contributed by atoms with Crippen molar-refractivity contribution < 1.29 is 14.6 Å². The van der Waals surface area contributed by atoms with Crippen molar-refractivity contribution in [1.82, 2.24) is 5.32 Å². The van der Waals surface area contributed by atoms with Gasteiger partial charge in [-0.3, -0.25) is 5.32 Å². The van der Waals surface area contributed by atoms with Crippen LogP contribution in [0, 0.1) is 0 Å². The molecule has 4 nitrogen and oxygen atoms in total. The molecule has 3 rings (SSSR count). The van der Waals surface area contributed by atoms with E-state index in [0.717, 1.165) is 35.5 Å². The molecule has 0 aliphatic heterocycles. The quantitative estimate of drug-likeness (QED) is 0.427. The van der Waals surface area contributed by atoms with Gasteiger partial charge in [-0.1, -0.05) is 60.7 Å². The molecule has 0 saturated heterocycles. The fourth-order valence-electron chi connectivity index (χ4n) is 3.28. The van der Waals surface area contributed by atoms with Crippen LogP contribution >= 0.6 is 0 Å². The summed E-state index contributed by atoms with van der Waals surface area (Å²) in [7, 11) is 0. The standard InChI is InChI=1S/C26H31NO3/c1-2-29-25-11-7-6-10-23(25)18-19-27-26(28)17-14-21-12-15-24(16-13-21)30-20-22-8-4-3-5-9-22/h3-13,15-16,26-28H,2,14,17-20H2,1H3. The van der Waals surface area contributed by atoms with E-state index in [1.54, 1.807) is 0 Å². The molecular formula is C26H31NO3. The summed E-state index contributed by atoms with van der Waals surface area (Å²) in [4.78, 5) is 0. The molecular weight excluding hydrogens is 374 g/mol. The van der Waals surface area contributed by atoms with Crippen LogP contribution < -0.4 is 14.8 Å². The van der Waals surface area contributed by atoms with Crippen LogP contribution in [0.25, 0.3) is 0 Å². The van der Waals surface area contributed by atoms with Gasteiger partial charge in [-0.2, -0.15) is 0 Å². The molecule has 3 aromatic rings. The Labute approximate surface area is 179 Å². The molecule has 0 heterocycles. The summed E-state index contributed by atoms with van der Waals surface area (Å²) in [5.74, 6) is 1.78. The summed E-state index contributed by atoms with van der Waals surface area (Å²) >= 11 is 0. The van der Waals surface area contributed by atoms with Crippen LogP contribution in [0.3, 0.4) is 0 Å². The van der Waals surface area contributed by atoms with E-state index >= 15 is 0 Å². The zero-order valence-corrected chi connectivity index (χ0v) is 17.6. The Bertz CT molecular complexity index is 865. The van der Waals surface area contributed by atoms with Crippen molar-refractivity contribution >= 4 is 0 Å². The number of benzene rings is 3. The summed E-state index contributed by atoms with van der Waals surface area (Å²) in [6.07, 6.45) is 1.76. The van der Waals surface area contributed by atoms with Gasteiger partial charge in [0.15, 0.2) is 0 Å². The van der Waals surface area contributed by atoms with Crippen LogP contribution in [0.5, 0.6) is 11.5 Å². The van der Waals surface area contributed by atoms with Gasteiger partial charge in [-0.25, -0.2) is 0 Å². The van der Waals surface area contributed by atoms with Crippen LogP contribution in [0.2, 0.25) is 0 Å². The van der Waals surface area contributed by atoms with E-state index in [2.05, 4.69) is 35.6 Å². The molecule has 0 aliphatic rings. The molecule has 0 aliphatic carbocycles. The topological polar surface area (TPSA) is 50.7 Å². The summed E-state index contributed by atoms with van der Waals surface area (Å²) < 4.78 is 11.5. The predicted molar refractivity (Wildman–Crippen MR) is 121 cm³/mol. The van der Waals surface area contributed by atoms with Gasteiger partial charge in [-0.15, -0.1) is 0 Å². The highest BCUT2D eigenvalue weighted by Gasteiger charge is 2.06. The van der Waals surface area contributed by atoms with E-state index in [1.165, 1.54) is 5.56 Å². The Morgan fingerprint density at radius 2 is 1.53 bits per heavy atom. The molecule has 0 radical (unpaired) electrons. The molecule has 0 aromatic heterocycles. The Morgan fingerprint density at radius 1 is 0.800 bits per heavy atom. The average molecular weight is 406 g/mol. The maximum Gasteiger partial charge on any atom is 0.122 e. The zero-order valence-electron chi connectivity index (χ0n) is 17.6. The van der Waals surface area contributed by atoms with E-state index in [1.807, 2.05) is 55.5 Å². The van der Waals surface area contributed by atoms with Crippen molar-refractivity contribution in [3.8, 4) is 11.5 Å². The number of aliphatic hydroxyl groups is 1. The van der Waals surface area contributed by atoms with Crippen LogP contribution in [-0.2, 0) is 19.4 Å². The van der Waals surface area contributed by atoms with Crippen molar-refractivity contribution in [2.75, 3.05) is 13.2 Å². The normalized spacial score (nSPS) is 11.8. The SMILES string of the molecule is CCOc1ccccc1CCNC(O)CCc1ccc(OCc2ccccc2)cc1. The average Bonchev–Trinajstić information content (AvgIpc) is 2.79. The van der Waals surface area contributed by atoms with E-state index < -0.39 is 6.23 Å². The highest BCUT2D eigenvalue weighted by atomic mass is 16.5. The van der Waals surface area contributed by atoms with Crippen molar-refractivity contribution in [1.29, 1.82) is 0 Å². The summed E-state index contributed by atoms with van der Waals surface area (Å²) in [6, 6.07) is 26.3. The first-order valence-electron chi connectivity index (χ1n) is 10.6. The third-order valence-corrected chi connectivity index (χ3v) is 4.92. The van der Waals surface area contributed by atoms with Gasteiger partial charge in [0.1, 0.15) is 24.3 Å². The van der Waals surface area contributed by atoms with Crippen LogP contribution in [-0.4, -0.2) is 24.5 Å². The molecule has 30 heavy (non-hydrogen) atoms. The van der Waals surface area contributed by atoms with Gasteiger partial charge in [0.25, 0.3) is 0 Å². The van der Waals surface area contributed by atoms with E-state index in [-0.39, 0.29) is 0 Å². The number of aryl methyl sites for hydroxylation is 1. The van der Waals surface area contributed by atoms with E-state index in [9.17, 15) is 5.11 Å². The number of para-hydroxylation sites is 1. The lowest BCUT2D eigenvalue weighted by molar-refractivity contribution is 0.129. The number of rotatable bonds is 12. The lowest BCUT2D eigenvalue weighted by atomic mass is 10.1. The lowest BCUT2D eigenvalue weighted by Gasteiger charge is -2.14. The minimum absolute atomic E-state index is 0.529. The third-order valence-electron chi connectivity index (χ3n) is 4.92. The smallest absolute Gasteiger partial charge is 0.122 e. The molecule has 4 heteroatoms. The van der Waals surface area contributed by atoms with Crippen LogP contribution in [0.1, 0.15) is 30.0 Å². The summed E-state index contributed by atoms with van der Waals surface area (Å²) in [6.45, 7) is 3.91. The third kappa shape index (κ3) is 7.21. The summed E-state index contributed by atoms with van der Waals surface area (Å²) in [5, 5.41) is 13.5. The van der Waals surface area contributed by atoms with E-state index in [4.69, 9.17) is 9.47 Å². The molecule has 3 aromatic carbocycles. The number of aliphatic hydroxyl groups excluding tert-OH is 1. The molecule has 158 valence electrons. The molecule has 2 N–H and O–H groups in total. The van der Waals surface area contributed by atoms with Gasteiger partial charge in [0.05, 0.1) is 6.61 Å². The number of hydrogen-bond donors (Lipinski definition) is 2. The Morgan fingerprint density at radius 3 is 2.30 bits per heavy atom. The number of ether oxygens (including phenoxy) is 2. The van der Waals surface area contributed by atoms with Gasteiger partial charge in [0.2, 0.25) is 0 Å². The van der Waals surface area contributed by atoms with Gasteiger partial charge >= 0.3 is 0 Å². The first-order chi connectivity index (χ1) is 14.7. The zero-order chi connectivity index (χ0) is 21.0. The minimum atomic E-state index is -0.529. The van der Waals surface area contributed by atoms with Crippen LogP contribution in [0.15, 0.2) is 78.9 Å². The first-order valence-corrected chi connectivity index (χ1v) is 10.6. The van der Waals surface area contributed by atoms with Gasteiger partial charge in [-0.05, 0) is 61.1 Å². The maximum absolute atomic E-state index is 10.3. The second-order valence-electron chi connectivity index (χ2n) is 7.22. The minimum Gasteiger partial charge on any atom is -0.494 e. The van der Waals surface area contributed by atoms with Crippen molar-refractivity contribution in [2.45, 2.75) is 39.0 Å².